The molecule has 0 unspecified atom stereocenters. The van der Waals surface area contributed by atoms with Gasteiger partial charge in [0, 0.05) is 17.7 Å². The van der Waals surface area contributed by atoms with Crippen molar-refractivity contribution in [3.63, 3.8) is 0 Å². The molecule has 0 fully saturated rings. The summed E-state index contributed by atoms with van der Waals surface area (Å²) in [4.78, 5) is 23.3. The molecular weight excluding hydrogens is 268 g/mol. The SMILES string of the molecule is CC(=O)c1ccc(-c2c(=O)o[nH][n+]2-c2ccccc2)cc1. The van der Waals surface area contributed by atoms with Crippen molar-refractivity contribution in [1.82, 2.24) is 5.27 Å². The maximum Gasteiger partial charge on any atom is 0.435 e. The molecule has 21 heavy (non-hydrogen) atoms. The van der Waals surface area contributed by atoms with Crippen LogP contribution in [0, 0.1) is 0 Å². The zero-order valence-electron chi connectivity index (χ0n) is 11.4. The van der Waals surface area contributed by atoms with Crippen LogP contribution in [0.15, 0.2) is 63.9 Å². The van der Waals surface area contributed by atoms with Gasteiger partial charge in [0.25, 0.3) is 0 Å². The Balaban J connectivity index is 2.13. The minimum atomic E-state index is -0.463. The third-order valence-corrected chi connectivity index (χ3v) is 3.23. The summed E-state index contributed by atoms with van der Waals surface area (Å²) in [5.41, 5.74) is 1.99. The molecule has 0 aliphatic rings. The van der Waals surface area contributed by atoms with Crippen molar-refractivity contribution in [3.8, 4) is 16.9 Å². The van der Waals surface area contributed by atoms with Crippen LogP contribution in [0.5, 0.6) is 0 Å². The molecule has 0 bridgehead atoms. The first-order chi connectivity index (χ1) is 10.2. The van der Waals surface area contributed by atoms with Gasteiger partial charge in [-0.05, 0) is 29.0 Å². The summed E-state index contributed by atoms with van der Waals surface area (Å²) in [5.74, 6) is -0.0152. The van der Waals surface area contributed by atoms with Crippen molar-refractivity contribution in [1.29, 1.82) is 0 Å². The Hall–Kier alpha value is -2.95. The number of aromatic amines is 1. The third-order valence-electron chi connectivity index (χ3n) is 3.23. The highest BCUT2D eigenvalue weighted by atomic mass is 16.5. The first-order valence-corrected chi connectivity index (χ1v) is 6.47. The lowest BCUT2D eigenvalue weighted by molar-refractivity contribution is -0.660. The van der Waals surface area contributed by atoms with Crippen LogP contribution in [0.4, 0.5) is 0 Å². The number of nitrogens with zero attached hydrogens (tertiary/aromatic N) is 1. The van der Waals surface area contributed by atoms with Crippen molar-refractivity contribution in [2.45, 2.75) is 6.92 Å². The third kappa shape index (κ3) is 2.41. The van der Waals surface area contributed by atoms with Crippen LogP contribution < -0.4 is 10.3 Å². The number of H-pyrrole nitrogens is 1. The van der Waals surface area contributed by atoms with Gasteiger partial charge in [-0.2, -0.15) is 0 Å². The lowest BCUT2D eigenvalue weighted by atomic mass is 10.1. The predicted molar refractivity (Wildman–Crippen MR) is 76.3 cm³/mol. The molecule has 0 radical (unpaired) electrons. The number of para-hydroxylation sites is 1. The zero-order valence-corrected chi connectivity index (χ0v) is 11.4. The number of nitrogens with one attached hydrogen (secondary N) is 1. The largest absolute Gasteiger partial charge is 0.435 e. The Kier molecular flexibility index (Phi) is 3.23. The summed E-state index contributed by atoms with van der Waals surface area (Å²) in [6.07, 6.45) is 0. The van der Waals surface area contributed by atoms with Crippen molar-refractivity contribution in [3.05, 3.63) is 70.6 Å². The Labute approximate surface area is 120 Å². The van der Waals surface area contributed by atoms with E-state index in [2.05, 4.69) is 5.27 Å². The first-order valence-electron chi connectivity index (χ1n) is 6.47. The Morgan fingerprint density at radius 1 is 1.05 bits per heavy atom. The van der Waals surface area contributed by atoms with Crippen LogP contribution in [-0.2, 0) is 0 Å². The number of Topliss-reactive ketones (excluding diaryl/α,β-unsaturated/α-hetero) is 1. The van der Waals surface area contributed by atoms with Crippen LogP contribution in [0.2, 0.25) is 0 Å². The second-order valence-electron chi connectivity index (χ2n) is 4.63. The fourth-order valence-corrected chi connectivity index (χ4v) is 2.14. The Morgan fingerprint density at radius 2 is 1.71 bits per heavy atom. The summed E-state index contributed by atoms with van der Waals surface area (Å²) >= 11 is 0. The number of aromatic nitrogens is 2. The van der Waals surface area contributed by atoms with Crippen molar-refractivity contribution >= 4 is 5.78 Å². The normalized spacial score (nSPS) is 10.5. The number of hydrogen-bond acceptors (Lipinski definition) is 3. The summed E-state index contributed by atoms with van der Waals surface area (Å²) in [6.45, 7) is 1.50. The highest BCUT2D eigenvalue weighted by molar-refractivity contribution is 5.94. The number of hydrogen-bond donors (Lipinski definition) is 1. The van der Waals surface area contributed by atoms with Crippen LogP contribution in [0.25, 0.3) is 16.9 Å². The monoisotopic (exact) mass is 281 g/mol. The van der Waals surface area contributed by atoms with Gasteiger partial charge in [0.05, 0.1) is 5.56 Å². The van der Waals surface area contributed by atoms with E-state index < -0.39 is 5.63 Å². The van der Waals surface area contributed by atoms with E-state index in [0.29, 0.717) is 16.8 Å². The summed E-state index contributed by atoms with van der Waals surface area (Å²) in [7, 11) is 0. The second-order valence-corrected chi connectivity index (χ2v) is 4.63. The fraction of sp³-hybridized carbons (Fsp3) is 0.0625. The number of benzene rings is 2. The minimum absolute atomic E-state index is 0.0152. The van der Waals surface area contributed by atoms with Crippen molar-refractivity contribution in [2.75, 3.05) is 0 Å². The Morgan fingerprint density at radius 3 is 2.33 bits per heavy atom. The fourth-order valence-electron chi connectivity index (χ4n) is 2.14. The smallest absolute Gasteiger partial charge is 0.295 e. The second kappa shape index (κ2) is 5.20. The predicted octanol–water partition coefficient (Wildman–Crippen LogP) is 2.11. The van der Waals surface area contributed by atoms with Gasteiger partial charge in [-0.25, -0.2) is 4.79 Å². The maximum absolute atomic E-state index is 11.9. The molecular formula is C16H13N2O3+. The molecule has 1 heterocycles. The van der Waals surface area contributed by atoms with Gasteiger partial charge in [0.2, 0.25) is 5.69 Å². The molecule has 5 heteroatoms. The molecule has 0 aliphatic heterocycles. The summed E-state index contributed by atoms with van der Waals surface area (Å²) in [5, 5.41) is 2.59. The molecule has 2 aromatic carbocycles. The summed E-state index contributed by atoms with van der Waals surface area (Å²) < 4.78 is 6.47. The van der Waals surface area contributed by atoms with Crippen molar-refractivity contribution < 1.29 is 14.0 Å². The van der Waals surface area contributed by atoms with Gasteiger partial charge in [-0.1, -0.05) is 30.3 Å². The number of carbonyl (C=O) groups excluding carboxylic acids is 1. The molecule has 3 rings (SSSR count). The molecule has 5 nitrogen and oxygen atoms in total. The van der Waals surface area contributed by atoms with Gasteiger partial charge >= 0.3 is 11.3 Å². The molecule has 104 valence electrons. The van der Waals surface area contributed by atoms with Crippen LogP contribution in [-0.4, -0.2) is 11.1 Å². The van der Waals surface area contributed by atoms with E-state index in [9.17, 15) is 9.59 Å². The van der Waals surface area contributed by atoms with Crippen LogP contribution in [0.1, 0.15) is 17.3 Å². The van der Waals surface area contributed by atoms with E-state index in [4.69, 9.17) is 4.52 Å². The van der Waals surface area contributed by atoms with E-state index >= 15 is 0 Å². The minimum Gasteiger partial charge on any atom is -0.295 e. The zero-order chi connectivity index (χ0) is 14.8. The van der Waals surface area contributed by atoms with E-state index in [1.54, 1.807) is 28.9 Å². The standard InChI is InChI=1S/C16H12N2O3/c1-11(19)12-7-9-13(10-8-12)15-16(20)21-17-18(15)14-5-3-2-4-6-14/h2-10H,1H3/p+1. The highest BCUT2D eigenvalue weighted by Gasteiger charge is 2.24. The number of carbonyl (C=O) groups is 1. The first kappa shape index (κ1) is 13.1. The van der Waals surface area contributed by atoms with E-state index in [0.717, 1.165) is 5.69 Å². The molecule has 1 aromatic heterocycles. The average molecular weight is 281 g/mol. The molecule has 0 spiro atoms. The van der Waals surface area contributed by atoms with Gasteiger partial charge in [-0.3, -0.25) is 9.32 Å². The molecule has 0 saturated carbocycles. The maximum atomic E-state index is 11.9. The van der Waals surface area contributed by atoms with Crippen molar-refractivity contribution in [2.24, 2.45) is 0 Å². The van der Waals surface area contributed by atoms with Gasteiger partial charge in [-0.15, -0.1) is 0 Å². The lowest BCUT2D eigenvalue weighted by Crippen LogP contribution is -2.36. The van der Waals surface area contributed by atoms with Crippen LogP contribution >= 0.6 is 0 Å². The van der Waals surface area contributed by atoms with E-state index in [1.165, 1.54) is 6.92 Å². The lowest BCUT2D eigenvalue weighted by Gasteiger charge is -1.97. The molecule has 0 amide bonds. The van der Waals surface area contributed by atoms with E-state index in [-0.39, 0.29) is 5.78 Å². The quantitative estimate of drug-likeness (QED) is 0.590. The average Bonchev–Trinajstić information content (AvgIpc) is 2.90. The van der Waals surface area contributed by atoms with Crippen LogP contribution in [0.3, 0.4) is 0 Å². The van der Waals surface area contributed by atoms with Gasteiger partial charge < -0.3 is 0 Å². The number of ketones is 1. The Bertz CT molecular complexity index is 830. The molecule has 3 aromatic rings. The molecule has 0 aliphatic carbocycles. The molecule has 0 saturated heterocycles. The van der Waals surface area contributed by atoms with Gasteiger partial charge in [0.1, 0.15) is 0 Å². The topological polar surface area (TPSA) is 67.0 Å². The number of rotatable bonds is 3. The van der Waals surface area contributed by atoms with E-state index in [1.807, 2.05) is 30.3 Å². The summed E-state index contributed by atoms with van der Waals surface area (Å²) in [6, 6.07) is 16.2. The molecule has 1 N–H and O–H groups in total. The van der Waals surface area contributed by atoms with Gasteiger partial charge in [0.15, 0.2) is 5.78 Å². The molecule has 0 atom stereocenters. The highest BCUT2D eigenvalue weighted by Crippen LogP contribution is 2.14.